The maximum absolute atomic E-state index is 12.5. The Hall–Kier alpha value is -1.93. The van der Waals surface area contributed by atoms with Gasteiger partial charge >= 0.3 is 6.18 Å². The van der Waals surface area contributed by atoms with E-state index in [0.717, 1.165) is 17.0 Å². The van der Waals surface area contributed by atoms with Crippen LogP contribution in [0.3, 0.4) is 0 Å². The van der Waals surface area contributed by atoms with Crippen LogP contribution in [0.25, 0.3) is 0 Å². The van der Waals surface area contributed by atoms with E-state index in [4.69, 9.17) is 0 Å². The lowest BCUT2D eigenvalue weighted by Gasteiger charge is -2.23. The molecule has 0 radical (unpaired) electrons. The highest BCUT2D eigenvalue weighted by Crippen LogP contribution is 2.29. The van der Waals surface area contributed by atoms with Crippen LogP contribution in [0.5, 0.6) is 0 Å². The Balaban J connectivity index is 1.85. The number of carbonyl (C=O) groups is 2. The summed E-state index contributed by atoms with van der Waals surface area (Å²) >= 11 is 0. The summed E-state index contributed by atoms with van der Waals surface area (Å²) in [6.45, 7) is 0.476. The van der Waals surface area contributed by atoms with Crippen LogP contribution < -0.4 is 0 Å². The van der Waals surface area contributed by atoms with Crippen LogP contribution in [-0.4, -0.2) is 53.0 Å². The second kappa shape index (κ2) is 7.31. The van der Waals surface area contributed by atoms with Crippen molar-refractivity contribution in [1.82, 2.24) is 9.80 Å². The number of rotatable bonds is 6. The second-order valence-electron chi connectivity index (χ2n) is 5.94. The maximum Gasteiger partial charge on any atom is 0.416 e. The Kier molecular flexibility index (Phi) is 5.61. The zero-order valence-electron chi connectivity index (χ0n) is 13.2. The molecular weight excluding hydrogens is 325 g/mol. The topological polar surface area (TPSA) is 60.9 Å². The molecule has 1 aliphatic rings. The van der Waals surface area contributed by atoms with Crippen molar-refractivity contribution in [2.24, 2.45) is 0 Å². The van der Waals surface area contributed by atoms with E-state index < -0.39 is 17.8 Å². The number of amides is 2. The summed E-state index contributed by atoms with van der Waals surface area (Å²) in [5.41, 5.74) is -0.0361. The van der Waals surface area contributed by atoms with Crippen LogP contribution in [0, 0.1) is 0 Å². The quantitative estimate of drug-likeness (QED) is 0.797. The van der Waals surface area contributed by atoms with Gasteiger partial charge in [-0.2, -0.15) is 13.2 Å². The minimum absolute atomic E-state index is 0.0605. The highest BCUT2D eigenvalue weighted by atomic mass is 19.4. The molecule has 1 aromatic rings. The zero-order valence-corrected chi connectivity index (χ0v) is 13.2. The molecule has 0 spiro atoms. The molecule has 5 nitrogen and oxygen atoms in total. The molecule has 1 N–H and O–H groups in total. The molecule has 1 saturated heterocycles. The first-order valence-corrected chi connectivity index (χ1v) is 7.53. The zero-order chi connectivity index (χ0) is 17.9. The number of β-amino-alcohol motifs (C(OH)–C–C–N with tert-alkyl or cyclic N) is 1. The van der Waals surface area contributed by atoms with E-state index in [1.54, 1.807) is 11.9 Å². The minimum atomic E-state index is -4.37. The van der Waals surface area contributed by atoms with Gasteiger partial charge in [0.15, 0.2) is 0 Å². The molecule has 1 aliphatic heterocycles. The lowest BCUT2D eigenvalue weighted by atomic mass is 10.1. The van der Waals surface area contributed by atoms with Gasteiger partial charge in [0.2, 0.25) is 11.8 Å². The van der Waals surface area contributed by atoms with Crippen molar-refractivity contribution in [3.8, 4) is 0 Å². The summed E-state index contributed by atoms with van der Waals surface area (Å²) in [6, 6.07) is 4.81. The summed E-state index contributed by atoms with van der Waals surface area (Å²) in [7, 11) is 1.70. The van der Waals surface area contributed by atoms with Crippen molar-refractivity contribution in [1.29, 1.82) is 0 Å². The third-order valence-electron chi connectivity index (χ3n) is 3.80. The van der Waals surface area contributed by atoms with Gasteiger partial charge in [0.1, 0.15) is 0 Å². The molecule has 0 aliphatic carbocycles. The van der Waals surface area contributed by atoms with Crippen molar-refractivity contribution < 1.29 is 27.9 Å². The highest BCUT2D eigenvalue weighted by Gasteiger charge is 2.31. The normalized spacial score (nSPS) is 17.0. The predicted octanol–water partition coefficient (Wildman–Crippen LogP) is 1.65. The first-order chi connectivity index (χ1) is 11.2. The summed E-state index contributed by atoms with van der Waals surface area (Å²) in [5.74, 6) is -0.575. The standard InChI is InChI=1S/C16H19F3N2O3/c1-20(8-11-2-4-12(5-3-11)16(17,18)19)9-13(22)10-21-14(23)6-7-15(21)24/h2-5,13,22H,6-10H2,1H3/t13-/m1/s1. The molecule has 0 unspecified atom stereocenters. The van der Waals surface area contributed by atoms with E-state index in [1.807, 2.05) is 0 Å². The first-order valence-electron chi connectivity index (χ1n) is 7.53. The number of hydrogen-bond acceptors (Lipinski definition) is 4. The summed E-state index contributed by atoms with van der Waals surface area (Å²) < 4.78 is 37.5. The van der Waals surface area contributed by atoms with Crippen LogP contribution in [0.15, 0.2) is 24.3 Å². The van der Waals surface area contributed by atoms with Gasteiger partial charge < -0.3 is 5.11 Å². The number of alkyl halides is 3. The van der Waals surface area contributed by atoms with Crippen LogP contribution >= 0.6 is 0 Å². The van der Waals surface area contributed by atoms with E-state index in [2.05, 4.69) is 0 Å². The van der Waals surface area contributed by atoms with Crippen LogP contribution in [0.2, 0.25) is 0 Å². The van der Waals surface area contributed by atoms with E-state index in [-0.39, 0.29) is 37.7 Å². The number of hydrogen-bond donors (Lipinski definition) is 1. The van der Waals surface area contributed by atoms with Gasteiger partial charge in [-0.25, -0.2) is 0 Å². The first kappa shape index (κ1) is 18.4. The van der Waals surface area contributed by atoms with Crippen molar-refractivity contribution >= 4 is 11.8 Å². The average Bonchev–Trinajstić information content (AvgIpc) is 2.78. The van der Waals surface area contributed by atoms with Gasteiger partial charge in [-0.1, -0.05) is 12.1 Å². The fourth-order valence-corrected chi connectivity index (χ4v) is 2.63. The monoisotopic (exact) mass is 344 g/mol. The number of aliphatic hydroxyl groups excluding tert-OH is 1. The van der Waals surface area contributed by atoms with E-state index >= 15 is 0 Å². The van der Waals surface area contributed by atoms with Crippen LogP contribution in [-0.2, 0) is 22.3 Å². The fraction of sp³-hybridized carbons (Fsp3) is 0.500. The lowest BCUT2D eigenvalue weighted by molar-refractivity contribution is -0.140. The van der Waals surface area contributed by atoms with Gasteiger partial charge in [-0.3, -0.25) is 19.4 Å². The molecule has 0 aromatic heterocycles. The van der Waals surface area contributed by atoms with E-state index in [0.29, 0.717) is 12.1 Å². The van der Waals surface area contributed by atoms with Crippen LogP contribution in [0.1, 0.15) is 24.0 Å². The van der Waals surface area contributed by atoms with Crippen LogP contribution in [0.4, 0.5) is 13.2 Å². The third-order valence-corrected chi connectivity index (χ3v) is 3.80. The van der Waals surface area contributed by atoms with Crippen molar-refractivity contribution in [2.75, 3.05) is 20.1 Å². The van der Waals surface area contributed by atoms with Gasteiger partial charge in [-0.05, 0) is 24.7 Å². The van der Waals surface area contributed by atoms with Crippen molar-refractivity contribution in [2.45, 2.75) is 31.7 Å². The Morgan fingerprint density at radius 2 is 1.71 bits per heavy atom. The molecule has 0 saturated carbocycles. The lowest BCUT2D eigenvalue weighted by Crippen LogP contribution is -2.41. The molecule has 1 atom stereocenters. The summed E-state index contributed by atoms with van der Waals surface area (Å²) in [4.78, 5) is 25.8. The summed E-state index contributed by atoms with van der Waals surface area (Å²) in [6.07, 6.45) is -4.93. The molecular formula is C16H19F3N2O3. The molecule has 2 amide bonds. The largest absolute Gasteiger partial charge is 0.416 e. The Morgan fingerprint density at radius 1 is 1.17 bits per heavy atom. The number of nitrogens with zero attached hydrogens (tertiary/aromatic N) is 2. The third kappa shape index (κ3) is 4.78. The van der Waals surface area contributed by atoms with Crippen molar-refractivity contribution in [3.63, 3.8) is 0 Å². The number of imide groups is 1. The fourth-order valence-electron chi connectivity index (χ4n) is 2.63. The van der Waals surface area contributed by atoms with Gasteiger partial charge in [0, 0.05) is 25.9 Å². The number of halogens is 3. The number of carbonyl (C=O) groups excluding carboxylic acids is 2. The van der Waals surface area contributed by atoms with E-state index in [1.165, 1.54) is 12.1 Å². The molecule has 8 heteroatoms. The molecule has 24 heavy (non-hydrogen) atoms. The molecule has 1 aromatic carbocycles. The highest BCUT2D eigenvalue weighted by molar-refractivity contribution is 6.01. The summed E-state index contributed by atoms with van der Waals surface area (Å²) in [5, 5.41) is 10.0. The number of likely N-dealkylation sites (N-methyl/N-ethyl adjacent to an activating group) is 1. The van der Waals surface area contributed by atoms with Crippen molar-refractivity contribution in [3.05, 3.63) is 35.4 Å². The second-order valence-corrected chi connectivity index (χ2v) is 5.94. The predicted molar refractivity (Wildman–Crippen MR) is 79.7 cm³/mol. The van der Waals surface area contributed by atoms with E-state index in [9.17, 15) is 27.9 Å². The SMILES string of the molecule is CN(Cc1ccc(C(F)(F)F)cc1)C[C@@H](O)CN1C(=O)CCC1=O. The average molecular weight is 344 g/mol. The molecule has 1 fully saturated rings. The molecule has 1 heterocycles. The maximum atomic E-state index is 12.5. The molecule has 2 rings (SSSR count). The Bertz CT molecular complexity index is 586. The Morgan fingerprint density at radius 3 is 2.21 bits per heavy atom. The van der Waals surface area contributed by atoms with Gasteiger partial charge in [-0.15, -0.1) is 0 Å². The minimum Gasteiger partial charge on any atom is -0.390 e. The number of benzene rings is 1. The molecule has 0 bridgehead atoms. The van der Waals surface area contributed by atoms with Gasteiger partial charge in [0.05, 0.1) is 18.2 Å². The molecule has 132 valence electrons. The smallest absolute Gasteiger partial charge is 0.390 e. The number of likely N-dealkylation sites (tertiary alicyclic amines) is 1. The number of aliphatic hydroxyl groups is 1. The Labute approximate surface area is 137 Å². The van der Waals surface area contributed by atoms with Gasteiger partial charge in [0.25, 0.3) is 0 Å².